The van der Waals surface area contributed by atoms with Crippen molar-refractivity contribution in [3.63, 3.8) is 0 Å². The van der Waals surface area contributed by atoms with Crippen LogP contribution in [0.3, 0.4) is 0 Å². The zero-order valence-corrected chi connectivity index (χ0v) is 69.2. The lowest BCUT2D eigenvalue weighted by molar-refractivity contribution is 1.07. The molecule has 0 saturated carbocycles. The summed E-state index contributed by atoms with van der Waals surface area (Å²) in [4.78, 5) is 54.8. The molecule has 0 bridgehead atoms. The number of aromatic nitrogens is 11. The summed E-state index contributed by atoms with van der Waals surface area (Å²) in [6.45, 7) is 0. The van der Waals surface area contributed by atoms with Crippen LogP contribution >= 0.6 is 0 Å². The lowest BCUT2D eigenvalue weighted by atomic mass is 9.99. The van der Waals surface area contributed by atoms with Crippen molar-refractivity contribution >= 4 is 0 Å². The van der Waals surface area contributed by atoms with Crippen LogP contribution in [0.1, 0.15) is 5.56 Å². The second-order valence-electron chi connectivity index (χ2n) is 30.9. The highest BCUT2D eigenvalue weighted by atomic mass is 15.0. The average Bonchev–Trinajstić information content (AvgIpc) is 0.797. The van der Waals surface area contributed by atoms with E-state index in [4.69, 9.17) is 49.8 Å². The summed E-state index contributed by atoms with van der Waals surface area (Å²) in [6, 6.07) is 155. The molecule has 21 rings (SSSR count). The van der Waals surface area contributed by atoms with Crippen LogP contribution in [-0.4, -0.2) is 54.8 Å². The minimum absolute atomic E-state index is 0.590. The highest BCUT2D eigenvalue weighted by Crippen LogP contribution is 2.38. The Bertz CT molecular complexity index is 7280. The van der Waals surface area contributed by atoms with Gasteiger partial charge in [0.15, 0.2) is 46.6 Å². The van der Waals surface area contributed by atoms with Crippen molar-refractivity contribution in [3.05, 3.63) is 467 Å². The first-order valence-electron chi connectivity index (χ1n) is 42.3. The second kappa shape index (κ2) is 36.6. The third-order valence-corrected chi connectivity index (χ3v) is 22.5. The van der Waals surface area contributed by atoms with E-state index in [-0.39, 0.29) is 0 Å². The summed E-state index contributed by atoms with van der Waals surface area (Å²) in [5, 5.41) is 9.36. The molecule has 0 N–H and O–H groups in total. The Morgan fingerprint density at radius 3 is 0.594 bits per heavy atom. The van der Waals surface area contributed by atoms with E-state index in [0.29, 0.717) is 52.2 Å². The highest BCUT2D eigenvalue weighted by molar-refractivity contribution is 5.82. The van der Waals surface area contributed by atoms with E-state index < -0.39 is 0 Å². The number of hydrogen-bond acceptors (Lipinski definition) is 12. The minimum atomic E-state index is 0.590. The van der Waals surface area contributed by atoms with Crippen molar-refractivity contribution < 1.29 is 0 Å². The number of nitrogens with zero attached hydrogens (tertiary/aromatic N) is 12. The molecule has 128 heavy (non-hydrogen) atoms. The van der Waals surface area contributed by atoms with Crippen molar-refractivity contribution in [2.75, 3.05) is 0 Å². The molecule has 600 valence electrons. The molecule has 0 saturated heterocycles. The summed E-state index contributed by atoms with van der Waals surface area (Å²) in [5.41, 5.74) is 30.6. The van der Waals surface area contributed by atoms with Gasteiger partial charge in [0.05, 0.1) is 34.4 Å². The fraction of sp³-hybridized carbons (Fsp3) is 0. The third-order valence-electron chi connectivity index (χ3n) is 22.5. The van der Waals surface area contributed by atoms with Gasteiger partial charge in [0.25, 0.3) is 0 Å². The number of benzene rings is 16. The fourth-order valence-electron chi connectivity index (χ4n) is 15.6. The molecule has 0 amide bonds. The molecule has 5 heterocycles. The Morgan fingerprint density at radius 2 is 0.328 bits per heavy atom. The van der Waals surface area contributed by atoms with Gasteiger partial charge in [0, 0.05) is 79.2 Å². The van der Waals surface area contributed by atoms with E-state index in [0.717, 1.165) is 167 Å². The van der Waals surface area contributed by atoms with Gasteiger partial charge in [-0.1, -0.05) is 406 Å². The molecule has 12 nitrogen and oxygen atoms in total. The molecule has 0 aliphatic carbocycles. The first-order valence-corrected chi connectivity index (χ1v) is 42.3. The van der Waals surface area contributed by atoms with Crippen LogP contribution < -0.4 is 0 Å². The predicted octanol–water partition coefficient (Wildman–Crippen LogP) is 28.3. The number of hydrogen-bond donors (Lipinski definition) is 0. The summed E-state index contributed by atoms with van der Waals surface area (Å²) in [6.07, 6.45) is 3.67. The Hall–Kier alpha value is -17.7. The first-order chi connectivity index (χ1) is 63.3. The normalized spacial score (nSPS) is 11.0. The smallest absolute Gasteiger partial charge is 0.164 e. The van der Waals surface area contributed by atoms with Gasteiger partial charge in [-0.15, -0.1) is 0 Å². The largest absolute Gasteiger partial charge is 0.264 e. The number of rotatable bonds is 19. The fourth-order valence-corrected chi connectivity index (χ4v) is 15.6. The van der Waals surface area contributed by atoms with Gasteiger partial charge in [-0.2, -0.15) is 5.26 Å². The molecule has 0 fully saturated rings. The predicted molar refractivity (Wildman–Crippen MR) is 517 cm³/mol. The maximum absolute atomic E-state index is 9.36. The van der Waals surface area contributed by atoms with Gasteiger partial charge < -0.3 is 0 Å². The molecule has 0 spiro atoms. The lowest BCUT2D eigenvalue weighted by Gasteiger charge is -2.12. The first kappa shape index (κ1) is 78.9. The standard InChI is InChI=1S/C60H40N6.C56H36N6/c1-4-12-41(13-5-1)43-25-33-50(34-26-43)58-64-59(51-35-27-44(28-36-51)42-14-6-2-7-15-42)66-60(65-58)53-19-10-18-52(38-53)45-21-29-47(30-22-45)55-39-56(63-57(62-55)49-16-8-3-9-17-49)48-31-23-46(24-32-48)54-20-11-37-61-40-54;57-37-38-19-21-44(22-20-38)51-36-52(59-53(58-51)46-15-8-3-9-16-46)45-29-23-43(24-30-45)49-17-10-18-50(35-49)56-61-54(47-31-25-41(26-32-47)39-11-4-1-5-12-39)60-55(62-56)48-33-27-42(28-34-48)40-13-6-2-7-14-40/h1-40H;1-36H. The number of nitriles is 1. The summed E-state index contributed by atoms with van der Waals surface area (Å²) >= 11 is 0. The van der Waals surface area contributed by atoms with Crippen LogP contribution in [0, 0.1) is 11.3 Å². The van der Waals surface area contributed by atoms with Crippen molar-refractivity contribution in [3.8, 4) is 220 Å². The van der Waals surface area contributed by atoms with E-state index in [1.54, 1.807) is 6.20 Å². The van der Waals surface area contributed by atoms with Crippen molar-refractivity contribution in [2.45, 2.75) is 0 Å². The molecule has 5 aromatic heterocycles. The van der Waals surface area contributed by atoms with Crippen LogP contribution in [0.2, 0.25) is 0 Å². The lowest BCUT2D eigenvalue weighted by Crippen LogP contribution is -2.00. The maximum Gasteiger partial charge on any atom is 0.164 e. The molecule has 21 aromatic rings. The van der Waals surface area contributed by atoms with Crippen molar-refractivity contribution in [1.82, 2.24) is 54.8 Å². The van der Waals surface area contributed by atoms with Crippen LogP contribution in [0.4, 0.5) is 0 Å². The topological polar surface area (TPSA) is 166 Å². The minimum Gasteiger partial charge on any atom is -0.264 e. The van der Waals surface area contributed by atoms with Gasteiger partial charge in [-0.05, 0) is 120 Å². The Labute approximate surface area is 742 Å². The SMILES string of the molecule is N#Cc1ccc(-c2cc(-c3ccc(-c4cccc(-c5nc(-c6ccc(-c7ccccc7)cc6)nc(-c6ccc(-c7ccccc7)cc6)n5)c4)cc3)nc(-c3ccccc3)n2)cc1.c1ccc(-c2ccc(-c3nc(-c4ccc(-c5ccccc5)cc4)nc(-c4cccc(-c5ccc(-c6cc(-c7ccc(-c8cccnc8)cc7)nc(-c7ccccc7)n6)cc5)c4)n3)cc2)cc1. The Morgan fingerprint density at radius 1 is 0.141 bits per heavy atom. The van der Waals surface area contributed by atoms with Crippen LogP contribution in [-0.2, 0) is 0 Å². The van der Waals surface area contributed by atoms with Crippen molar-refractivity contribution in [1.29, 1.82) is 5.26 Å². The van der Waals surface area contributed by atoms with Crippen LogP contribution in [0.25, 0.3) is 214 Å². The average molecular weight is 1640 g/mol. The molecule has 0 unspecified atom stereocenters. The van der Waals surface area contributed by atoms with E-state index in [2.05, 4.69) is 333 Å². The second-order valence-corrected chi connectivity index (χ2v) is 30.9. The number of pyridine rings is 1. The molecule has 0 atom stereocenters. The van der Waals surface area contributed by atoms with Gasteiger partial charge in [-0.25, -0.2) is 49.8 Å². The van der Waals surface area contributed by atoms with Crippen LogP contribution in [0.5, 0.6) is 0 Å². The summed E-state index contributed by atoms with van der Waals surface area (Å²) in [7, 11) is 0. The van der Waals surface area contributed by atoms with E-state index in [1.165, 1.54) is 0 Å². The Balaban J connectivity index is 0.000000161. The third kappa shape index (κ3) is 17.9. The quantitative estimate of drug-likeness (QED) is 0.0753. The van der Waals surface area contributed by atoms with E-state index in [1.807, 2.05) is 134 Å². The van der Waals surface area contributed by atoms with Crippen LogP contribution in [0.15, 0.2) is 461 Å². The zero-order valence-electron chi connectivity index (χ0n) is 69.2. The van der Waals surface area contributed by atoms with E-state index in [9.17, 15) is 5.26 Å². The van der Waals surface area contributed by atoms with Gasteiger partial charge >= 0.3 is 0 Å². The highest BCUT2D eigenvalue weighted by Gasteiger charge is 2.20. The molecule has 0 aliphatic rings. The van der Waals surface area contributed by atoms with E-state index >= 15 is 0 Å². The van der Waals surface area contributed by atoms with Gasteiger partial charge in [0.1, 0.15) is 0 Å². The maximum atomic E-state index is 9.36. The molecule has 0 radical (unpaired) electrons. The summed E-state index contributed by atoms with van der Waals surface area (Å²) < 4.78 is 0. The molecule has 0 aliphatic heterocycles. The molecular formula is C116H76N12. The summed E-state index contributed by atoms with van der Waals surface area (Å²) in [5.74, 6) is 4.93. The van der Waals surface area contributed by atoms with Gasteiger partial charge in [-0.3, -0.25) is 4.98 Å². The molecular weight excluding hydrogens is 1560 g/mol. The van der Waals surface area contributed by atoms with Gasteiger partial charge in [0.2, 0.25) is 0 Å². The monoisotopic (exact) mass is 1640 g/mol. The van der Waals surface area contributed by atoms with Crippen molar-refractivity contribution in [2.24, 2.45) is 0 Å². The Kier molecular flexibility index (Phi) is 22.5. The molecule has 16 aromatic carbocycles. The zero-order chi connectivity index (χ0) is 85.7. The molecule has 12 heteroatoms.